The van der Waals surface area contributed by atoms with Crippen molar-refractivity contribution in [2.24, 2.45) is 5.92 Å². The van der Waals surface area contributed by atoms with Gasteiger partial charge in [-0.15, -0.1) is 5.10 Å². The van der Waals surface area contributed by atoms with Gasteiger partial charge < -0.3 is 5.11 Å². The van der Waals surface area contributed by atoms with Crippen molar-refractivity contribution in [1.82, 2.24) is 15.0 Å². The predicted octanol–water partition coefficient (Wildman–Crippen LogP) is 1.91. The Morgan fingerprint density at radius 3 is 2.81 bits per heavy atom. The van der Waals surface area contributed by atoms with Gasteiger partial charge in [0.25, 0.3) is 0 Å². The molecule has 16 heavy (non-hydrogen) atoms. The van der Waals surface area contributed by atoms with E-state index < -0.39 is 0 Å². The van der Waals surface area contributed by atoms with Gasteiger partial charge in [-0.05, 0) is 18.8 Å². The third-order valence-corrected chi connectivity index (χ3v) is 3.53. The average Bonchev–Trinajstić information content (AvgIpc) is 2.60. The summed E-state index contributed by atoms with van der Waals surface area (Å²) in [7, 11) is 0. The van der Waals surface area contributed by atoms with Crippen LogP contribution in [0.1, 0.15) is 50.4 Å². The second-order valence-corrected chi connectivity index (χ2v) is 4.70. The van der Waals surface area contributed by atoms with Gasteiger partial charge in [-0.3, -0.25) is 0 Å². The van der Waals surface area contributed by atoms with Crippen LogP contribution in [0.15, 0.2) is 0 Å². The molecule has 0 bridgehead atoms. The van der Waals surface area contributed by atoms with E-state index in [0.29, 0.717) is 0 Å². The quantitative estimate of drug-likeness (QED) is 0.801. The van der Waals surface area contributed by atoms with Gasteiger partial charge in [0, 0.05) is 6.54 Å². The monoisotopic (exact) mass is 223 g/mol. The second kappa shape index (κ2) is 5.43. The molecule has 0 spiro atoms. The van der Waals surface area contributed by atoms with Crippen LogP contribution in [0.3, 0.4) is 0 Å². The molecule has 1 aliphatic carbocycles. The van der Waals surface area contributed by atoms with Crippen molar-refractivity contribution >= 4 is 0 Å². The first-order valence-electron chi connectivity index (χ1n) is 6.37. The smallest absolute Gasteiger partial charge is 0.111 e. The fourth-order valence-corrected chi connectivity index (χ4v) is 2.27. The summed E-state index contributed by atoms with van der Waals surface area (Å²) in [6, 6.07) is 0. The zero-order chi connectivity index (χ0) is 11.4. The lowest BCUT2D eigenvalue weighted by molar-refractivity contribution is 0.272. The van der Waals surface area contributed by atoms with Gasteiger partial charge in [0.2, 0.25) is 0 Å². The molecule has 90 valence electrons. The van der Waals surface area contributed by atoms with Crippen molar-refractivity contribution in [3.8, 4) is 0 Å². The van der Waals surface area contributed by atoms with E-state index in [1.807, 2.05) is 4.68 Å². The first-order chi connectivity index (χ1) is 7.85. The van der Waals surface area contributed by atoms with E-state index >= 15 is 0 Å². The third kappa shape index (κ3) is 2.43. The van der Waals surface area contributed by atoms with Crippen LogP contribution >= 0.6 is 0 Å². The molecule has 1 heterocycles. The highest BCUT2D eigenvalue weighted by molar-refractivity contribution is 5.09. The topological polar surface area (TPSA) is 50.9 Å². The number of hydrogen-bond acceptors (Lipinski definition) is 3. The second-order valence-electron chi connectivity index (χ2n) is 4.70. The van der Waals surface area contributed by atoms with E-state index in [1.54, 1.807) is 0 Å². The summed E-state index contributed by atoms with van der Waals surface area (Å²) >= 11 is 0. The fourth-order valence-electron chi connectivity index (χ4n) is 2.27. The Kier molecular flexibility index (Phi) is 3.93. The van der Waals surface area contributed by atoms with E-state index in [0.717, 1.165) is 36.7 Å². The number of aliphatic hydroxyl groups is 1. The molecule has 2 rings (SSSR count). The van der Waals surface area contributed by atoms with Crippen molar-refractivity contribution in [2.45, 2.75) is 58.6 Å². The van der Waals surface area contributed by atoms with Crippen molar-refractivity contribution in [3.63, 3.8) is 0 Å². The lowest BCUT2D eigenvalue weighted by Crippen LogP contribution is -2.15. The third-order valence-electron chi connectivity index (χ3n) is 3.53. The van der Waals surface area contributed by atoms with Crippen LogP contribution in [0.5, 0.6) is 0 Å². The minimum absolute atomic E-state index is 0.0127. The molecular formula is C12H21N3O. The van der Waals surface area contributed by atoms with Gasteiger partial charge in [0.15, 0.2) is 0 Å². The van der Waals surface area contributed by atoms with Crippen molar-refractivity contribution in [3.05, 3.63) is 11.4 Å². The zero-order valence-electron chi connectivity index (χ0n) is 10.0. The van der Waals surface area contributed by atoms with E-state index in [1.165, 1.54) is 25.7 Å². The van der Waals surface area contributed by atoms with E-state index in [2.05, 4.69) is 17.2 Å². The van der Waals surface area contributed by atoms with Gasteiger partial charge in [-0.2, -0.15) is 0 Å². The average molecular weight is 223 g/mol. The molecule has 0 amide bonds. The Morgan fingerprint density at radius 1 is 1.44 bits per heavy atom. The van der Waals surface area contributed by atoms with E-state index in [9.17, 15) is 5.11 Å². The molecule has 0 aliphatic heterocycles. The first kappa shape index (κ1) is 11.6. The molecule has 0 saturated heterocycles. The van der Waals surface area contributed by atoms with Crippen LogP contribution in [0.25, 0.3) is 0 Å². The number of aliphatic hydroxyl groups excluding tert-OH is 1. The molecule has 1 N–H and O–H groups in total. The predicted molar refractivity (Wildman–Crippen MR) is 61.9 cm³/mol. The molecule has 1 saturated carbocycles. The zero-order valence-corrected chi connectivity index (χ0v) is 10.0. The highest BCUT2D eigenvalue weighted by Gasteiger charge is 2.18. The molecule has 1 aromatic rings. The van der Waals surface area contributed by atoms with Crippen LogP contribution in [-0.4, -0.2) is 20.1 Å². The lowest BCUT2D eigenvalue weighted by atomic mass is 9.83. The van der Waals surface area contributed by atoms with Gasteiger partial charge in [0.05, 0.1) is 12.3 Å². The highest BCUT2D eigenvalue weighted by Crippen LogP contribution is 2.29. The van der Waals surface area contributed by atoms with Gasteiger partial charge in [-0.25, -0.2) is 4.68 Å². The van der Waals surface area contributed by atoms with E-state index in [4.69, 9.17) is 0 Å². The van der Waals surface area contributed by atoms with E-state index in [-0.39, 0.29) is 6.61 Å². The Morgan fingerprint density at radius 2 is 2.25 bits per heavy atom. The van der Waals surface area contributed by atoms with Crippen LogP contribution < -0.4 is 0 Å². The first-order valence-corrected chi connectivity index (χ1v) is 6.37. The number of rotatable bonds is 6. The molecule has 0 radical (unpaired) electrons. The molecule has 1 fully saturated rings. The van der Waals surface area contributed by atoms with Crippen LogP contribution in [-0.2, 0) is 19.6 Å². The van der Waals surface area contributed by atoms with Crippen LogP contribution in [0.4, 0.5) is 0 Å². The summed E-state index contributed by atoms with van der Waals surface area (Å²) < 4.78 is 1.99. The normalized spacial score (nSPS) is 16.4. The molecule has 4 nitrogen and oxygen atoms in total. The largest absolute Gasteiger partial charge is 0.390 e. The number of aromatic nitrogens is 3. The summed E-state index contributed by atoms with van der Waals surface area (Å²) in [6.45, 7) is 3.12. The van der Waals surface area contributed by atoms with Crippen molar-refractivity contribution in [2.75, 3.05) is 0 Å². The Hall–Kier alpha value is -0.900. The summed E-state index contributed by atoms with van der Waals surface area (Å²) in [5.74, 6) is 0.899. The van der Waals surface area contributed by atoms with Crippen molar-refractivity contribution in [1.29, 1.82) is 0 Å². The summed E-state index contributed by atoms with van der Waals surface area (Å²) in [5.41, 5.74) is 1.89. The minimum Gasteiger partial charge on any atom is -0.390 e. The highest BCUT2D eigenvalue weighted by atomic mass is 16.3. The molecular weight excluding hydrogens is 202 g/mol. The minimum atomic E-state index is 0.0127. The van der Waals surface area contributed by atoms with Crippen LogP contribution in [0.2, 0.25) is 0 Å². The molecule has 1 aromatic heterocycles. The Labute approximate surface area is 96.7 Å². The van der Waals surface area contributed by atoms with Gasteiger partial charge in [-0.1, -0.05) is 37.8 Å². The number of aryl methyl sites for hydroxylation is 1. The summed E-state index contributed by atoms with van der Waals surface area (Å²) in [5, 5.41) is 17.4. The summed E-state index contributed by atoms with van der Waals surface area (Å²) in [6.07, 6.45) is 7.41. The summed E-state index contributed by atoms with van der Waals surface area (Å²) in [4.78, 5) is 0. The molecule has 4 heteroatoms. The maximum atomic E-state index is 9.18. The van der Waals surface area contributed by atoms with Gasteiger partial charge >= 0.3 is 0 Å². The lowest BCUT2D eigenvalue weighted by Gasteiger charge is -2.25. The van der Waals surface area contributed by atoms with Crippen LogP contribution in [0, 0.1) is 5.92 Å². The number of hydrogen-bond donors (Lipinski definition) is 1. The molecule has 0 aromatic carbocycles. The Balaban J connectivity index is 1.97. The van der Waals surface area contributed by atoms with Gasteiger partial charge in [0.1, 0.15) is 5.69 Å². The SMILES string of the molecule is CCCc1c(CO)nnn1CCC1CCC1. The molecule has 1 aliphatic rings. The molecule has 0 atom stereocenters. The molecule has 0 unspecified atom stereocenters. The standard InChI is InChI=1S/C12H21N3O/c1-2-4-12-11(9-16)13-14-15(12)8-7-10-5-3-6-10/h10,16H,2-9H2,1H3. The maximum absolute atomic E-state index is 9.18. The maximum Gasteiger partial charge on any atom is 0.111 e. The fraction of sp³-hybridized carbons (Fsp3) is 0.833. The van der Waals surface area contributed by atoms with Crippen molar-refractivity contribution < 1.29 is 5.11 Å². The number of nitrogens with zero attached hydrogens (tertiary/aromatic N) is 3. The Bertz CT molecular complexity index is 331.